The van der Waals surface area contributed by atoms with E-state index < -0.39 is 263 Å². The smallest absolute Gasteiger partial charge is 0.128 e. The van der Waals surface area contributed by atoms with Crippen LogP contribution in [0, 0.1) is 0 Å². The first kappa shape index (κ1) is 10.8. The summed E-state index contributed by atoms with van der Waals surface area (Å²) in [7, 11) is 0. The maximum absolute atomic E-state index is 9.92. The lowest BCUT2D eigenvalue weighted by molar-refractivity contribution is 0.272. The first-order valence-electron chi connectivity index (χ1n) is 28.1. The minimum absolute atomic E-state index is 0.375. The molecule has 1 aliphatic heterocycles. The highest BCUT2D eigenvalue weighted by atomic mass is 16.5. The Kier molecular flexibility index (Phi) is 2.37. The van der Waals surface area contributed by atoms with Gasteiger partial charge in [-0.25, -0.2) is 0 Å². The van der Waals surface area contributed by atoms with Crippen LogP contribution in [0.15, 0.2) is 169 Å². The summed E-state index contributed by atoms with van der Waals surface area (Å²) in [6.07, 6.45) is -1.74. The van der Waals surface area contributed by atoms with Gasteiger partial charge in [0.05, 0.1) is 44.3 Å². The molecule has 2 unspecified atom stereocenters. The Morgan fingerprint density at radius 3 is 1.72 bits per heavy atom. The molecule has 0 aromatic heterocycles. The van der Waals surface area contributed by atoms with Crippen molar-refractivity contribution in [2.45, 2.75) is 12.0 Å². The van der Waals surface area contributed by atoms with Gasteiger partial charge in [-0.15, -0.1) is 0 Å². The Hall–Kier alpha value is -5.92. The molecule has 8 aromatic rings. The summed E-state index contributed by atoms with van der Waals surface area (Å²) < 4.78 is 260. The molecule has 2 aliphatic rings. The molecule has 0 spiro atoms. The Balaban J connectivity index is 1.53. The molecule has 8 aromatic carbocycles. The number of benzene rings is 8. The molecule has 0 radical (unpaired) electrons. The maximum Gasteiger partial charge on any atom is 0.128 e. The van der Waals surface area contributed by atoms with Crippen molar-refractivity contribution in [3.05, 3.63) is 180 Å². The molecule has 0 fully saturated rings. The highest BCUT2D eigenvalue weighted by Crippen LogP contribution is 2.52. The second-order valence-corrected chi connectivity index (χ2v) is 10.6. The van der Waals surface area contributed by atoms with Gasteiger partial charge in [-0.05, 0) is 88.6 Å². The van der Waals surface area contributed by atoms with Gasteiger partial charge in [-0.2, -0.15) is 0 Å². The molecule has 0 N–H and O–H groups in total. The third kappa shape index (κ3) is 3.90. The van der Waals surface area contributed by atoms with Crippen LogP contribution in [0.2, 0.25) is 0 Å². The van der Waals surface area contributed by atoms with Gasteiger partial charge in [0.25, 0.3) is 0 Å². The first-order valence-corrected chi connectivity index (χ1v) is 14.1. The van der Waals surface area contributed by atoms with E-state index in [1.807, 2.05) is 0 Å². The van der Waals surface area contributed by atoms with Crippen LogP contribution in [-0.2, 0) is 0 Å². The number of allylic oxidation sites excluding steroid dienone is 2. The fourth-order valence-electron chi connectivity index (χ4n) is 6.30. The van der Waals surface area contributed by atoms with E-state index in [0.29, 0.717) is 0 Å². The summed E-state index contributed by atoms with van der Waals surface area (Å²) in [6, 6.07) is -26.1. The van der Waals surface area contributed by atoms with Gasteiger partial charge in [0.1, 0.15) is 11.9 Å². The largest absolute Gasteiger partial charge is 0.485 e. The fourth-order valence-corrected chi connectivity index (χ4v) is 6.30. The zero-order valence-electron chi connectivity index (χ0n) is 51.6. The summed E-state index contributed by atoms with van der Waals surface area (Å²) in [5.41, 5.74) is -4.68. The Morgan fingerprint density at radius 1 is 0.447 bits per heavy atom. The summed E-state index contributed by atoms with van der Waals surface area (Å²) in [6.45, 7) is 0. The van der Waals surface area contributed by atoms with Gasteiger partial charge in [-0.1, -0.05) is 157 Å². The van der Waals surface area contributed by atoms with Crippen molar-refractivity contribution in [2.24, 2.45) is 0 Å². The van der Waals surface area contributed by atoms with Crippen LogP contribution < -0.4 is 4.74 Å². The molecule has 0 saturated carbocycles. The molecule has 0 bridgehead atoms. The van der Waals surface area contributed by atoms with Crippen molar-refractivity contribution in [3.8, 4) is 28.0 Å². The van der Waals surface area contributed by atoms with Crippen molar-refractivity contribution in [1.82, 2.24) is 0 Å². The highest BCUT2D eigenvalue weighted by Gasteiger charge is 2.38. The van der Waals surface area contributed by atoms with Gasteiger partial charge in [0.15, 0.2) is 0 Å². The second-order valence-electron chi connectivity index (χ2n) is 10.6. The van der Waals surface area contributed by atoms with Gasteiger partial charge in [0.2, 0.25) is 0 Å². The number of hydrogen-bond acceptors (Lipinski definition) is 1. The van der Waals surface area contributed by atoms with E-state index in [1.165, 1.54) is 0 Å². The van der Waals surface area contributed by atoms with E-state index in [1.54, 1.807) is 0 Å². The second kappa shape index (κ2) is 10.3. The average molecular weight is 627 g/mol. The predicted octanol–water partition coefficient (Wildman–Crippen LogP) is 12.1. The minimum atomic E-state index is -1.74. The first-order chi connectivity index (χ1) is 35.0. The van der Waals surface area contributed by atoms with Crippen LogP contribution in [0.25, 0.3) is 70.9 Å². The van der Waals surface area contributed by atoms with Gasteiger partial charge < -0.3 is 4.74 Å². The van der Waals surface area contributed by atoms with Gasteiger partial charge >= 0.3 is 0 Å². The molecule has 47 heavy (non-hydrogen) atoms. The van der Waals surface area contributed by atoms with Crippen molar-refractivity contribution >= 4 is 48.7 Å². The third-order valence-corrected chi connectivity index (χ3v) is 8.22. The Morgan fingerprint density at radius 2 is 0.979 bits per heavy atom. The van der Waals surface area contributed by atoms with E-state index >= 15 is 0 Å². The monoisotopic (exact) mass is 626 g/mol. The van der Waals surface area contributed by atoms with Crippen molar-refractivity contribution < 1.29 is 43.1 Å². The van der Waals surface area contributed by atoms with Crippen LogP contribution in [0.4, 0.5) is 0 Å². The molecule has 220 valence electrons. The van der Waals surface area contributed by atoms with Crippen LogP contribution in [0.5, 0.6) is 5.75 Å². The van der Waals surface area contributed by atoms with Crippen LogP contribution in [-0.4, -0.2) is 6.10 Å². The molecule has 1 nitrogen and oxygen atoms in total. The van der Waals surface area contributed by atoms with Crippen molar-refractivity contribution in [2.75, 3.05) is 0 Å². The standard InChI is InChI=1S/C46H30O/c1-2-15-30-29(13-1)14-11-23-31(30)34-27-28-39(33-17-4-3-16-32(33)34)44-35-18-5-7-20-37(35)45(38-21-8-6-19-36(38)44)41-24-12-26-43-46(41)40-22-9-10-25-42(40)47-43/h1-28,43,46H/i1D,2D,3D,4D,5D,6D,7D,8D,9D,10D,11D,12D,13D,14D,15D,16D,17D,18D,19D,20D,21D,22D,23D,24D,25D,26D,27D,28D. The SMILES string of the molecule is [2H]C1=C([2H])C2Oc3c([2H])c([2H])c([2H])c([2H])c3C2C(c2c3c([2H])c([2H])c([2H])c([2H])c3c(-c3c([2H])c([2H])c(-c4c([2H])c([2H])c([2H])c5c([2H])c([2H])c([2H])c([2H])c45)c4c([2H])c([2H])c([2H])c([2H])c34)c3c([2H])c([2H])c([2H])c([2H])c23)=C1[2H]. The zero-order valence-corrected chi connectivity index (χ0v) is 23.6. The molecule has 0 saturated heterocycles. The molecular weight excluding hydrogens is 569 g/mol. The summed E-state index contributed by atoms with van der Waals surface area (Å²) in [5, 5.41) is -5.76. The number of fused-ring (bicyclic) bond motifs is 7. The Labute approximate surface area is 313 Å². The minimum Gasteiger partial charge on any atom is -0.485 e. The lowest BCUT2D eigenvalue weighted by Crippen LogP contribution is -2.19. The summed E-state index contributed by atoms with van der Waals surface area (Å²) in [5.74, 6) is -2.23. The topological polar surface area (TPSA) is 9.23 Å². The molecule has 10 rings (SSSR count). The van der Waals surface area contributed by atoms with Crippen LogP contribution in [0.1, 0.15) is 55.4 Å². The number of hydrogen-bond donors (Lipinski definition) is 0. The van der Waals surface area contributed by atoms with E-state index in [0.717, 1.165) is 0 Å². The van der Waals surface area contributed by atoms with Crippen LogP contribution in [0.3, 0.4) is 0 Å². The zero-order chi connectivity index (χ0) is 55.3. The maximum atomic E-state index is 9.92. The number of rotatable bonds is 3. The predicted molar refractivity (Wildman–Crippen MR) is 198 cm³/mol. The Bertz CT molecular complexity index is 4110. The van der Waals surface area contributed by atoms with Crippen molar-refractivity contribution in [1.29, 1.82) is 0 Å². The molecular formula is C46H30O. The van der Waals surface area contributed by atoms with E-state index in [2.05, 4.69) is 0 Å². The van der Waals surface area contributed by atoms with Crippen LogP contribution >= 0.6 is 0 Å². The fraction of sp³-hybridized carbons (Fsp3) is 0.0435. The molecule has 0 amide bonds. The van der Waals surface area contributed by atoms with E-state index in [9.17, 15) is 13.7 Å². The third-order valence-electron chi connectivity index (χ3n) is 8.22. The van der Waals surface area contributed by atoms with Crippen molar-refractivity contribution in [3.63, 3.8) is 0 Å². The number of para-hydroxylation sites is 1. The van der Waals surface area contributed by atoms with Gasteiger partial charge in [0, 0.05) is 5.56 Å². The average Bonchev–Trinajstić information content (AvgIpc) is 3.85. The molecule has 1 heterocycles. The lowest BCUT2D eigenvalue weighted by atomic mass is 9.77. The lowest BCUT2D eigenvalue weighted by Gasteiger charge is -2.26. The van der Waals surface area contributed by atoms with Gasteiger partial charge in [-0.3, -0.25) is 0 Å². The number of ether oxygens (including phenoxy) is 1. The molecule has 2 atom stereocenters. The van der Waals surface area contributed by atoms with E-state index in [-0.39, 0.29) is 5.56 Å². The summed E-state index contributed by atoms with van der Waals surface area (Å²) in [4.78, 5) is 0. The highest BCUT2D eigenvalue weighted by molar-refractivity contribution is 6.23. The molecule has 1 heteroatoms. The molecule has 1 aliphatic carbocycles. The quantitative estimate of drug-likeness (QED) is 0.177. The van der Waals surface area contributed by atoms with E-state index in [4.69, 9.17) is 29.4 Å². The summed E-state index contributed by atoms with van der Waals surface area (Å²) >= 11 is 0. The normalized spacial score (nSPS) is 25.7.